The van der Waals surface area contributed by atoms with E-state index in [1.165, 1.54) is 11.5 Å². The quantitative estimate of drug-likeness (QED) is 0.777. The maximum Gasteiger partial charge on any atom is 0.180 e. The molecule has 0 aliphatic carbocycles. The van der Waals surface area contributed by atoms with Gasteiger partial charge in [-0.1, -0.05) is 18.3 Å². The van der Waals surface area contributed by atoms with Gasteiger partial charge in [-0.2, -0.15) is 5.10 Å². The van der Waals surface area contributed by atoms with Crippen LogP contribution in [0.15, 0.2) is 12.4 Å². The third kappa shape index (κ3) is 2.64. The van der Waals surface area contributed by atoms with Crippen LogP contribution >= 0.6 is 11.5 Å². The third-order valence-corrected chi connectivity index (χ3v) is 3.47. The van der Waals surface area contributed by atoms with E-state index in [2.05, 4.69) is 14.7 Å². The Hall–Kier alpha value is -1.56. The van der Waals surface area contributed by atoms with Crippen molar-refractivity contribution in [2.24, 2.45) is 0 Å². The Kier molecular flexibility index (Phi) is 3.86. The lowest BCUT2D eigenvalue weighted by Crippen LogP contribution is -2.05. The molecule has 0 aromatic carbocycles. The molecule has 0 saturated heterocycles. The fourth-order valence-electron chi connectivity index (χ4n) is 1.71. The predicted molar refractivity (Wildman–Crippen MR) is 69.9 cm³/mol. The second-order valence-corrected chi connectivity index (χ2v) is 5.20. The Morgan fingerprint density at radius 1 is 1.50 bits per heavy atom. The molecule has 0 amide bonds. The molecule has 0 aliphatic heterocycles. The summed E-state index contributed by atoms with van der Waals surface area (Å²) in [6, 6.07) is 0. The monoisotopic (exact) mass is 264 g/mol. The van der Waals surface area contributed by atoms with E-state index in [0.29, 0.717) is 11.3 Å². The SMILES string of the molecule is CCn1cc(CC(=O)c2snnc2C(C)C)cn1. The van der Waals surface area contributed by atoms with Crippen molar-refractivity contribution < 1.29 is 4.79 Å². The summed E-state index contributed by atoms with van der Waals surface area (Å²) in [6.45, 7) is 6.86. The van der Waals surface area contributed by atoms with Crippen LogP contribution in [0.4, 0.5) is 0 Å². The van der Waals surface area contributed by atoms with Gasteiger partial charge in [-0.05, 0) is 29.9 Å². The molecule has 0 spiro atoms. The van der Waals surface area contributed by atoms with E-state index in [1.54, 1.807) is 6.20 Å². The first-order valence-corrected chi connectivity index (χ1v) is 6.76. The minimum absolute atomic E-state index is 0.0735. The van der Waals surface area contributed by atoms with Gasteiger partial charge in [-0.3, -0.25) is 9.48 Å². The molecule has 0 saturated carbocycles. The summed E-state index contributed by atoms with van der Waals surface area (Å²) in [7, 11) is 0. The summed E-state index contributed by atoms with van der Waals surface area (Å²) in [5.41, 5.74) is 1.73. The number of aryl methyl sites for hydroxylation is 1. The van der Waals surface area contributed by atoms with Gasteiger partial charge in [0.2, 0.25) is 0 Å². The molecule has 0 atom stereocenters. The molecule has 0 aliphatic rings. The van der Waals surface area contributed by atoms with Crippen LogP contribution in [0.1, 0.15) is 47.6 Å². The minimum Gasteiger partial charge on any atom is -0.293 e. The van der Waals surface area contributed by atoms with Gasteiger partial charge in [0.25, 0.3) is 0 Å². The van der Waals surface area contributed by atoms with E-state index >= 15 is 0 Å². The average molecular weight is 264 g/mol. The Morgan fingerprint density at radius 2 is 2.28 bits per heavy atom. The molecule has 5 nitrogen and oxygen atoms in total. The van der Waals surface area contributed by atoms with Crippen molar-refractivity contribution in [3.8, 4) is 0 Å². The molecule has 2 aromatic heterocycles. The normalized spacial score (nSPS) is 11.1. The molecule has 0 N–H and O–H groups in total. The molecule has 0 bridgehead atoms. The zero-order chi connectivity index (χ0) is 13.1. The second-order valence-electron chi connectivity index (χ2n) is 4.45. The maximum absolute atomic E-state index is 12.2. The smallest absolute Gasteiger partial charge is 0.180 e. The first kappa shape index (κ1) is 12.9. The van der Waals surface area contributed by atoms with Crippen molar-refractivity contribution in [1.29, 1.82) is 0 Å². The van der Waals surface area contributed by atoms with E-state index < -0.39 is 0 Å². The topological polar surface area (TPSA) is 60.7 Å². The number of Topliss-reactive ketones (excluding diaryl/α,β-unsaturated/α-hetero) is 1. The fourth-order valence-corrected chi connectivity index (χ4v) is 2.46. The molecule has 2 aromatic rings. The van der Waals surface area contributed by atoms with Crippen molar-refractivity contribution in [3.05, 3.63) is 28.5 Å². The van der Waals surface area contributed by atoms with Crippen LogP contribution in [-0.2, 0) is 13.0 Å². The van der Waals surface area contributed by atoms with Gasteiger partial charge in [0.15, 0.2) is 5.78 Å². The first-order chi connectivity index (χ1) is 8.61. The van der Waals surface area contributed by atoms with Gasteiger partial charge in [-0.15, -0.1) is 5.10 Å². The number of hydrogen-bond donors (Lipinski definition) is 0. The Labute approximate surface area is 110 Å². The summed E-state index contributed by atoms with van der Waals surface area (Å²) in [4.78, 5) is 12.9. The lowest BCUT2D eigenvalue weighted by Gasteiger charge is -2.02. The largest absolute Gasteiger partial charge is 0.293 e. The van der Waals surface area contributed by atoms with Gasteiger partial charge in [0, 0.05) is 19.2 Å². The van der Waals surface area contributed by atoms with Gasteiger partial charge in [0.1, 0.15) is 4.88 Å². The standard InChI is InChI=1S/C12H16N4OS/c1-4-16-7-9(6-13-16)5-10(17)12-11(8(2)3)14-15-18-12/h6-8H,4-5H2,1-3H3. The molecule has 0 fully saturated rings. The maximum atomic E-state index is 12.2. The summed E-state index contributed by atoms with van der Waals surface area (Å²) < 4.78 is 5.69. The Bertz CT molecular complexity index is 544. The zero-order valence-corrected chi connectivity index (χ0v) is 11.6. The summed E-state index contributed by atoms with van der Waals surface area (Å²) in [5.74, 6) is 0.297. The predicted octanol–water partition coefficient (Wildman–Crippen LogP) is 2.30. The molecule has 0 unspecified atom stereocenters. The number of aromatic nitrogens is 4. The lowest BCUT2D eigenvalue weighted by molar-refractivity contribution is 0.0995. The summed E-state index contributed by atoms with van der Waals surface area (Å²) in [6.07, 6.45) is 4.01. The van der Waals surface area contributed by atoms with Crippen LogP contribution in [0.25, 0.3) is 0 Å². The zero-order valence-electron chi connectivity index (χ0n) is 10.8. The van der Waals surface area contributed by atoms with Gasteiger partial charge in [0.05, 0.1) is 11.9 Å². The van der Waals surface area contributed by atoms with E-state index in [9.17, 15) is 4.79 Å². The molecule has 0 radical (unpaired) electrons. The highest BCUT2D eigenvalue weighted by Gasteiger charge is 2.19. The number of rotatable bonds is 5. The summed E-state index contributed by atoms with van der Waals surface area (Å²) in [5, 5.41) is 8.19. The van der Waals surface area contributed by atoms with Crippen LogP contribution in [0, 0.1) is 0 Å². The number of carbonyl (C=O) groups is 1. The molecule has 2 heterocycles. The number of hydrogen-bond acceptors (Lipinski definition) is 5. The van der Waals surface area contributed by atoms with Gasteiger partial charge in [-0.25, -0.2) is 0 Å². The molecular formula is C12H16N4OS. The number of ketones is 1. The first-order valence-electron chi connectivity index (χ1n) is 5.98. The highest BCUT2D eigenvalue weighted by atomic mass is 32.1. The Balaban J connectivity index is 2.14. The third-order valence-electron chi connectivity index (χ3n) is 2.69. The molecular weight excluding hydrogens is 248 g/mol. The van der Waals surface area contributed by atoms with Crippen LogP contribution < -0.4 is 0 Å². The van der Waals surface area contributed by atoms with Gasteiger partial charge < -0.3 is 0 Å². The lowest BCUT2D eigenvalue weighted by atomic mass is 10.1. The van der Waals surface area contributed by atoms with E-state index in [0.717, 1.165) is 17.8 Å². The molecule has 6 heteroatoms. The molecule has 2 rings (SSSR count). The number of carbonyl (C=O) groups excluding carboxylic acids is 1. The molecule has 18 heavy (non-hydrogen) atoms. The minimum atomic E-state index is 0.0735. The fraction of sp³-hybridized carbons (Fsp3) is 0.500. The van der Waals surface area contributed by atoms with Crippen molar-refractivity contribution in [1.82, 2.24) is 19.4 Å². The van der Waals surface area contributed by atoms with Crippen molar-refractivity contribution in [2.75, 3.05) is 0 Å². The second kappa shape index (κ2) is 5.39. The van der Waals surface area contributed by atoms with E-state index in [-0.39, 0.29) is 11.7 Å². The van der Waals surface area contributed by atoms with E-state index in [4.69, 9.17) is 0 Å². The van der Waals surface area contributed by atoms with Crippen LogP contribution in [-0.4, -0.2) is 25.2 Å². The number of nitrogens with zero attached hydrogens (tertiary/aromatic N) is 4. The highest BCUT2D eigenvalue weighted by Crippen LogP contribution is 2.21. The van der Waals surface area contributed by atoms with Crippen LogP contribution in [0.2, 0.25) is 0 Å². The average Bonchev–Trinajstić information content (AvgIpc) is 2.96. The molecule has 96 valence electrons. The van der Waals surface area contributed by atoms with Gasteiger partial charge >= 0.3 is 0 Å². The van der Waals surface area contributed by atoms with E-state index in [1.807, 2.05) is 31.6 Å². The van der Waals surface area contributed by atoms with Crippen molar-refractivity contribution in [2.45, 2.75) is 39.7 Å². The van der Waals surface area contributed by atoms with Crippen LogP contribution in [0.3, 0.4) is 0 Å². The van der Waals surface area contributed by atoms with Crippen molar-refractivity contribution >= 4 is 17.3 Å². The highest BCUT2D eigenvalue weighted by molar-refractivity contribution is 7.08. The summed E-state index contributed by atoms with van der Waals surface area (Å²) >= 11 is 1.18. The Morgan fingerprint density at radius 3 is 2.89 bits per heavy atom. The van der Waals surface area contributed by atoms with Crippen molar-refractivity contribution in [3.63, 3.8) is 0 Å². The van der Waals surface area contributed by atoms with Crippen LogP contribution in [0.5, 0.6) is 0 Å².